The van der Waals surface area contributed by atoms with Gasteiger partial charge in [-0.05, 0) is 18.8 Å². The molecule has 2 aromatic rings. The topological polar surface area (TPSA) is 111 Å². The lowest BCUT2D eigenvalue weighted by Crippen LogP contribution is -2.41. The molecule has 1 fully saturated rings. The maximum atomic E-state index is 12.2. The van der Waals surface area contributed by atoms with E-state index >= 15 is 0 Å². The maximum absolute atomic E-state index is 12.2. The number of nitro groups is 1. The number of thiazole rings is 1. The molecule has 1 heterocycles. The molecule has 24 heavy (non-hydrogen) atoms. The Labute approximate surface area is 148 Å². The Balaban J connectivity index is 0.00000208. The molecule has 3 N–H and O–H groups in total. The van der Waals surface area contributed by atoms with Crippen LogP contribution in [-0.4, -0.2) is 28.4 Å². The summed E-state index contributed by atoms with van der Waals surface area (Å²) in [6.45, 7) is 0.415. The average Bonchev–Trinajstić information content (AvgIpc) is 3.28. The Morgan fingerprint density at radius 3 is 2.88 bits per heavy atom. The zero-order valence-corrected chi connectivity index (χ0v) is 14.3. The van der Waals surface area contributed by atoms with Gasteiger partial charge in [-0.3, -0.25) is 14.9 Å². The first-order chi connectivity index (χ1) is 11.1. The molecule has 0 aliphatic heterocycles. The van der Waals surface area contributed by atoms with Crippen LogP contribution in [0.4, 0.5) is 5.69 Å². The number of nitrogens with two attached hydrogens (primary N) is 1. The number of nitro benzene ring substituents is 1. The third-order valence-corrected chi connectivity index (χ3v) is 4.69. The van der Waals surface area contributed by atoms with Crippen molar-refractivity contribution in [3.8, 4) is 10.6 Å². The Morgan fingerprint density at radius 2 is 2.25 bits per heavy atom. The molecular weight excluding hydrogens is 352 g/mol. The largest absolute Gasteiger partial charge is 0.346 e. The lowest BCUT2D eigenvalue weighted by molar-refractivity contribution is -0.384. The summed E-state index contributed by atoms with van der Waals surface area (Å²) in [5.74, 6) is 0.221. The van der Waals surface area contributed by atoms with Crippen LogP contribution in [0.5, 0.6) is 0 Å². The van der Waals surface area contributed by atoms with Gasteiger partial charge in [-0.1, -0.05) is 12.1 Å². The minimum absolute atomic E-state index is 0. The molecule has 0 bridgehead atoms. The van der Waals surface area contributed by atoms with Gasteiger partial charge in [0, 0.05) is 35.7 Å². The number of rotatable bonds is 6. The van der Waals surface area contributed by atoms with Crippen molar-refractivity contribution in [1.29, 1.82) is 0 Å². The second-order valence-corrected chi connectivity index (χ2v) is 6.36. The second kappa shape index (κ2) is 7.69. The average molecular weight is 369 g/mol. The van der Waals surface area contributed by atoms with Crippen LogP contribution >= 0.6 is 23.7 Å². The Bertz CT molecular complexity index is 748. The van der Waals surface area contributed by atoms with E-state index in [-0.39, 0.29) is 30.0 Å². The number of nitrogens with one attached hydrogen (secondary N) is 1. The summed E-state index contributed by atoms with van der Waals surface area (Å²) in [5, 5.41) is 16.0. The van der Waals surface area contributed by atoms with Crippen LogP contribution in [-0.2, 0) is 0 Å². The van der Waals surface area contributed by atoms with E-state index in [9.17, 15) is 14.9 Å². The van der Waals surface area contributed by atoms with Crippen LogP contribution in [0.3, 0.4) is 0 Å². The fourth-order valence-electron chi connectivity index (χ4n) is 2.37. The molecule has 9 heteroatoms. The third kappa shape index (κ3) is 4.08. The van der Waals surface area contributed by atoms with Crippen molar-refractivity contribution in [1.82, 2.24) is 10.3 Å². The van der Waals surface area contributed by atoms with Gasteiger partial charge in [0.1, 0.15) is 10.7 Å². The highest BCUT2D eigenvalue weighted by Crippen LogP contribution is 2.32. The van der Waals surface area contributed by atoms with Gasteiger partial charge < -0.3 is 11.1 Å². The Morgan fingerprint density at radius 1 is 1.50 bits per heavy atom. The number of hydrogen-bond donors (Lipinski definition) is 2. The molecule has 1 amide bonds. The van der Waals surface area contributed by atoms with E-state index in [0.717, 1.165) is 12.8 Å². The number of amides is 1. The van der Waals surface area contributed by atoms with Crippen molar-refractivity contribution >= 4 is 35.3 Å². The summed E-state index contributed by atoms with van der Waals surface area (Å²) in [4.78, 5) is 26.9. The van der Waals surface area contributed by atoms with Crippen LogP contribution in [0, 0.1) is 16.0 Å². The number of nitrogens with zero attached hydrogens (tertiary/aromatic N) is 2. The van der Waals surface area contributed by atoms with Crippen molar-refractivity contribution in [2.75, 3.05) is 6.54 Å². The zero-order valence-electron chi connectivity index (χ0n) is 12.7. The SMILES string of the molecule is Cl.NCC(NC(=O)c1csc(-c2cccc([N+](=O)[O-])c2)n1)C1CC1. The standard InChI is InChI=1S/C15H16N4O3S.ClH/c16-7-12(9-4-5-9)17-14(20)13-8-23-15(18-13)10-2-1-3-11(6-10)19(21)22;/h1-3,6,8-9,12H,4-5,7,16H2,(H,17,20);1H. The second-order valence-electron chi connectivity index (χ2n) is 5.50. The summed E-state index contributed by atoms with van der Waals surface area (Å²) in [6, 6.07) is 6.21. The van der Waals surface area contributed by atoms with Crippen LogP contribution in [0.25, 0.3) is 10.6 Å². The summed E-state index contributed by atoms with van der Waals surface area (Å²) < 4.78 is 0. The van der Waals surface area contributed by atoms with Gasteiger partial charge in [-0.25, -0.2) is 4.98 Å². The molecule has 0 radical (unpaired) electrons. The molecular formula is C15H17ClN4O3S. The fourth-order valence-corrected chi connectivity index (χ4v) is 3.17. The number of halogens is 1. The van der Waals surface area contributed by atoms with Crippen LogP contribution in [0.2, 0.25) is 0 Å². The van der Waals surface area contributed by atoms with Crippen molar-refractivity contribution in [3.05, 3.63) is 45.5 Å². The lowest BCUT2D eigenvalue weighted by Gasteiger charge is -2.14. The van der Waals surface area contributed by atoms with Gasteiger partial charge in [0.25, 0.3) is 11.6 Å². The lowest BCUT2D eigenvalue weighted by atomic mass is 10.2. The van der Waals surface area contributed by atoms with Gasteiger partial charge in [-0.15, -0.1) is 23.7 Å². The third-order valence-electron chi connectivity index (χ3n) is 3.80. The highest BCUT2D eigenvalue weighted by Gasteiger charge is 2.31. The predicted molar refractivity (Wildman–Crippen MR) is 94.5 cm³/mol. The van der Waals surface area contributed by atoms with Gasteiger partial charge >= 0.3 is 0 Å². The molecule has 0 saturated heterocycles. The van der Waals surface area contributed by atoms with E-state index in [4.69, 9.17) is 5.73 Å². The van der Waals surface area contributed by atoms with Crippen molar-refractivity contribution in [2.45, 2.75) is 18.9 Å². The molecule has 7 nitrogen and oxygen atoms in total. The number of non-ortho nitro benzene ring substituents is 1. The van der Waals surface area contributed by atoms with E-state index in [2.05, 4.69) is 10.3 Å². The highest BCUT2D eigenvalue weighted by atomic mass is 35.5. The maximum Gasteiger partial charge on any atom is 0.271 e. The van der Waals surface area contributed by atoms with Crippen molar-refractivity contribution in [3.63, 3.8) is 0 Å². The van der Waals surface area contributed by atoms with Crippen LogP contribution in [0.1, 0.15) is 23.3 Å². The minimum Gasteiger partial charge on any atom is -0.346 e. The summed E-state index contributed by atoms with van der Waals surface area (Å²) in [7, 11) is 0. The zero-order chi connectivity index (χ0) is 16.4. The first-order valence-corrected chi connectivity index (χ1v) is 8.17. The molecule has 1 unspecified atom stereocenters. The van der Waals surface area contributed by atoms with Crippen molar-refractivity contribution in [2.24, 2.45) is 11.7 Å². The fraction of sp³-hybridized carbons (Fsp3) is 0.333. The van der Waals surface area contributed by atoms with Gasteiger partial charge in [0.2, 0.25) is 0 Å². The molecule has 128 valence electrons. The van der Waals surface area contributed by atoms with Gasteiger partial charge in [0.05, 0.1) is 4.92 Å². The number of aromatic nitrogens is 1. The van der Waals surface area contributed by atoms with Crippen LogP contribution in [0.15, 0.2) is 29.6 Å². The molecule has 0 spiro atoms. The number of carbonyl (C=O) groups is 1. The van der Waals surface area contributed by atoms with E-state index in [1.54, 1.807) is 17.5 Å². The highest BCUT2D eigenvalue weighted by molar-refractivity contribution is 7.13. The van der Waals surface area contributed by atoms with Gasteiger partial charge in [-0.2, -0.15) is 0 Å². The Kier molecular flexibility index (Phi) is 5.87. The van der Waals surface area contributed by atoms with E-state index in [1.165, 1.54) is 23.5 Å². The summed E-state index contributed by atoms with van der Waals surface area (Å²) in [5.41, 5.74) is 6.63. The smallest absolute Gasteiger partial charge is 0.271 e. The monoisotopic (exact) mass is 368 g/mol. The molecule has 1 saturated carbocycles. The van der Waals surface area contributed by atoms with Gasteiger partial charge in [0.15, 0.2) is 0 Å². The quantitative estimate of drug-likeness (QED) is 0.601. The summed E-state index contributed by atoms with van der Waals surface area (Å²) in [6.07, 6.45) is 2.19. The molecule has 1 aromatic heterocycles. The normalized spacial score (nSPS) is 14.5. The first-order valence-electron chi connectivity index (χ1n) is 7.29. The first kappa shape index (κ1) is 18.3. The number of carbonyl (C=O) groups excluding carboxylic acids is 1. The van der Waals surface area contributed by atoms with Crippen molar-refractivity contribution < 1.29 is 9.72 Å². The Hall–Kier alpha value is -2.03. The molecule has 1 atom stereocenters. The molecule has 1 aromatic carbocycles. The predicted octanol–water partition coefficient (Wildman–Crippen LogP) is 2.61. The number of benzene rings is 1. The molecule has 1 aliphatic carbocycles. The van der Waals surface area contributed by atoms with E-state index in [0.29, 0.717) is 28.7 Å². The number of hydrogen-bond acceptors (Lipinski definition) is 6. The van der Waals surface area contributed by atoms with E-state index < -0.39 is 4.92 Å². The minimum atomic E-state index is -0.452. The molecule has 3 rings (SSSR count). The van der Waals surface area contributed by atoms with E-state index in [1.807, 2.05) is 0 Å². The molecule has 1 aliphatic rings. The van der Waals surface area contributed by atoms with Crippen LogP contribution < -0.4 is 11.1 Å². The summed E-state index contributed by atoms with van der Waals surface area (Å²) >= 11 is 1.28.